The molecule has 1 amide bonds. The number of carbonyl (C=O) groups is 1. The van der Waals surface area contributed by atoms with Gasteiger partial charge in [0, 0.05) is 11.1 Å². The molecular weight excluding hydrogens is 336 g/mol. The van der Waals surface area contributed by atoms with E-state index in [-0.39, 0.29) is 28.0 Å². The summed E-state index contributed by atoms with van der Waals surface area (Å²) < 4.78 is 20.9. The molecule has 0 aromatic carbocycles. The molecule has 1 unspecified atom stereocenters. The normalized spacial score (nSPS) is 24.6. The Hall–Kier alpha value is -0.880. The average molecular weight is 373 g/mol. The maximum Gasteiger partial charge on any atom is 0.407 e. The highest BCUT2D eigenvalue weighted by molar-refractivity contribution is 7.84. The highest BCUT2D eigenvalue weighted by Crippen LogP contribution is 2.37. The Balaban J connectivity index is 2.50. The first-order valence-electron chi connectivity index (χ1n) is 9.03. The van der Waals surface area contributed by atoms with Gasteiger partial charge in [0.05, 0.1) is 15.7 Å². The van der Waals surface area contributed by atoms with E-state index < -0.39 is 11.0 Å². The van der Waals surface area contributed by atoms with E-state index in [9.17, 15) is 9.00 Å². The second kappa shape index (κ2) is 8.21. The van der Waals surface area contributed by atoms with E-state index in [1.165, 1.54) is 0 Å². The molecule has 6 heteroatoms. The molecule has 1 fully saturated rings. The largest absolute Gasteiger partial charge is 0.446 e. The van der Waals surface area contributed by atoms with E-state index in [4.69, 9.17) is 4.74 Å². The van der Waals surface area contributed by atoms with E-state index in [0.717, 1.165) is 25.7 Å². The maximum absolute atomic E-state index is 12.5. The van der Waals surface area contributed by atoms with Crippen LogP contribution in [-0.2, 0) is 15.7 Å². The molecule has 0 heterocycles. The lowest BCUT2D eigenvalue weighted by atomic mass is 9.74. The van der Waals surface area contributed by atoms with E-state index in [2.05, 4.69) is 23.5 Å². The van der Waals surface area contributed by atoms with Crippen LogP contribution in [-0.4, -0.2) is 32.2 Å². The van der Waals surface area contributed by atoms with E-state index in [1.807, 2.05) is 47.6 Å². The molecule has 1 aliphatic carbocycles. The molecule has 25 heavy (non-hydrogen) atoms. The molecule has 1 aliphatic rings. The lowest BCUT2D eigenvalue weighted by molar-refractivity contribution is 0.00503. The van der Waals surface area contributed by atoms with Crippen molar-refractivity contribution in [3.8, 4) is 0 Å². The molecule has 2 N–H and O–H groups in total. The Morgan fingerprint density at radius 2 is 1.76 bits per heavy atom. The summed E-state index contributed by atoms with van der Waals surface area (Å²) >= 11 is 0. The summed E-state index contributed by atoms with van der Waals surface area (Å²) in [5.41, 5.74) is -0.549. The van der Waals surface area contributed by atoms with Crippen LogP contribution in [0.2, 0.25) is 0 Å². The van der Waals surface area contributed by atoms with Crippen molar-refractivity contribution in [1.29, 1.82) is 0 Å². The minimum absolute atomic E-state index is 0.0200. The Bertz CT molecular complexity index is 502. The Morgan fingerprint density at radius 1 is 1.20 bits per heavy atom. The first-order valence-corrected chi connectivity index (χ1v) is 10.2. The van der Waals surface area contributed by atoms with Gasteiger partial charge in [-0.3, -0.25) is 0 Å². The zero-order valence-electron chi connectivity index (χ0n) is 16.9. The molecule has 0 aliphatic heterocycles. The minimum Gasteiger partial charge on any atom is -0.446 e. The zero-order valence-corrected chi connectivity index (χ0v) is 17.7. The molecule has 1 rings (SSSR count). The minimum atomic E-state index is -1.12. The average Bonchev–Trinajstić information content (AvgIpc) is 2.32. The SMILES string of the molecule is C=CC[C@@](C)(CC1CC(OC(=O)NC(C)(C)C)C1)NS(=O)C(C)(C)C. The van der Waals surface area contributed by atoms with Gasteiger partial charge in [0.15, 0.2) is 0 Å². The van der Waals surface area contributed by atoms with Crippen molar-refractivity contribution in [2.45, 2.75) is 96.1 Å². The van der Waals surface area contributed by atoms with Gasteiger partial charge in [-0.2, -0.15) is 0 Å². The smallest absolute Gasteiger partial charge is 0.407 e. The first kappa shape index (κ1) is 22.2. The van der Waals surface area contributed by atoms with Crippen LogP contribution in [0.1, 0.15) is 74.1 Å². The monoisotopic (exact) mass is 372 g/mol. The van der Waals surface area contributed by atoms with Crippen molar-refractivity contribution in [3.05, 3.63) is 12.7 Å². The highest BCUT2D eigenvalue weighted by atomic mass is 32.2. The number of amides is 1. The molecule has 0 saturated heterocycles. The molecule has 146 valence electrons. The molecule has 0 radical (unpaired) electrons. The van der Waals surface area contributed by atoms with Crippen molar-refractivity contribution in [3.63, 3.8) is 0 Å². The van der Waals surface area contributed by atoms with Crippen molar-refractivity contribution in [2.24, 2.45) is 5.92 Å². The number of ether oxygens (including phenoxy) is 1. The molecule has 0 bridgehead atoms. The van der Waals surface area contributed by atoms with E-state index >= 15 is 0 Å². The third kappa shape index (κ3) is 7.90. The van der Waals surface area contributed by atoms with Crippen LogP contribution in [0.15, 0.2) is 12.7 Å². The fraction of sp³-hybridized carbons (Fsp3) is 0.842. The fourth-order valence-corrected chi connectivity index (χ4v) is 3.84. The van der Waals surface area contributed by atoms with E-state index in [0.29, 0.717) is 5.92 Å². The van der Waals surface area contributed by atoms with Gasteiger partial charge < -0.3 is 10.1 Å². The standard InChI is InChI=1S/C19H36N2O3S/c1-9-10-19(8,21-25(23)18(5,6)7)13-14-11-15(12-14)24-16(22)20-17(2,3)4/h9,14-15,21H,1,10-13H2,2-8H3,(H,20,22)/t14?,15?,19-,25?/m0/s1. The summed E-state index contributed by atoms with van der Waals surface area (Å²) in [6, 6.07) is 0. The van der Waals surface area contributed by atoms with Crippen molar-refractivity contribution in [1.82, 2.24) is 10.0 Å². The lowest BCUT2D eigenvalue weighted by Gasteiger charge is -2.41. The molecule has 2 atom stereocenters. The van der Waals surface area contributed by atoms with Gasteiger partial charge in [-0.1, -0.05) is 6.08 Å². The third-order valence-corrected chi connectivity index (χ3v) is 5.96. The van der Waals surface area contributed by atoms with Crippen molar-refractivity contribution >= 4 is 17.1 Å². The van der Waals surface area contributed by atoms with Gasteiger partial charge >= 0.3 is 6.09 Å². The Kier molecular flexibility index (Phi) is 7.28. The van der Waals surface area contributed by atoms with Crippen molar-refractivity contribution in [2.75, 3.05) is 0 Å². The number of hydrogen-bond acceptors (Lipinski definition) is 3. The maximum atomic E-state index is 12.5. The number of carbonyl (C=O) groups excluding carboxylic acids is 1. The third-order valence-electron chi connectivity index (χ3n) is 4.17. The highest BCUT2D eigenvalue weighted by Gasteiger charge is 2.39. The van der Waals surface area contributed by atoms with Crippen LogP contribution >= 0.6 is 0 Å². The van der Waals surface area contributed by atoms with Crippen LogP contribution in [0, 0.1) is 5.92 Å². The zero-order chi connectivity index (χ0) is 19.5. The van der Waals surface area contributed by atoms with Crippen LogP contribution in [0.25, 0.3) is 0 Å². The van der Waals surface area contributed by atoms with Crippen LogP contribution in [0.5, 0.6) is 0 Å². The number of hydrogen-bond donors (Lipinski definition) is 2. The summed E-state index contributed by atoms with van der Waals surface area (Å²) in [7, 11) is -1.12. The summed E-state index contributed by atoms with van der Waals surface area (Å²) in [6.45, 7) is 17.6. The van der Waals surface area contributed by atoms with Crippen LogP contribution < -0.4 is 10.0 Å². The molecule has 0 spiro atoms. The molecule has 5 nitrogen and oxygen atoms in total. The van der Waals surface area contributed by atoms with E-state index in [1.54, 1.807) is 0 Å². The van der Waals surface area contributed by atoms with Gasteiger partial charge in [-0.15, -0.1) is 6.58 Å². The van der Waals surface area contributed by atoms with Gasteiger partial charge in [0.25, 0.3) is 0 Å². The van der Waals surface area contributed by atoms with Gasteiger partial charge in [0.1, 0.15) is 6.10 Å². The Morgan fingerprint density at radius 3 is 2.20 bits per heavy atom. The predicted molar refractivity (Wildman–Crippen MR) is 105 cm³/mol. The quantitative estimate of drug-likeness (QED) is 0.662. The second-order valence-electron chi connectivity index (χ2n) is 9.48. The fourth-order valence-electron chi connectivity index (χ4n) is 2.92. The molecule has 0 aromatic heterocycles. The lowest BCUT2D eigenvalue weighted by Crippen LogP contribution is -2.51. The van der Waals surface area contributed by atoms with Gasteiger partial charge in [-0.25, -0.2) is 13.7 Å². The molecular formula is C19H36N2O3S. The van der Waals surface area contributed by atoms with Crippen LogP contribution in [0.4, 0.5) is 4.79 Å². The van der Waals surface area contributed by atoms with Gasteiger partial charge in [-0.05, 0) is 80.1 Å². The van der Waals surface area contributed by atoms with Gasteiger partial charge in [0.2, 0.25) is 0 Å². The topological polar surface area (TPSA) is 67.4 Å². The summed E-state index contributed by atoms with van der Waals surface area (Å²) in [5.74, 6) is 0.460. The second-order valence-corrected chi connectivity index (χ2v) is 11.4. The predicted octanol–water partition coefficient (Wildman–Crippen LogP) is 4.07. The number of rotatable bonds is 7. The summed E-state index contributed by atoms with van der Waals surface area (Å²) in [6.07, 6.45) is 4.85. The summed E-state index contributed by atoms with van der Waals surface area (Å²) in [4.78, 5) is 11.8. The Labute approximate surface area is 155 Å². The molecule has 0 aromatic rings. The first-order chi connectivity index (χ1) is 11.2. The van der Waals surface area contributed by atoms with Crippen LogP contribution in [0.3, 0.4) is 0 Å². The number of alkyl carbamates (subject to hydrolysis) is 1. The van der Waals surface area contributed by atoms with Crippen molar-refractivity contribution < 1.29 is 13.7 Å². The molecule has 1 saturated carbocycles. The number of nitrogens with one attached hydrogen (secondary N) is 2. The summed E-state index contributed by atoms with van der Waals surface area (Å²) in [5, 5.41) is 2.82.